The topological polar surface area (TPSA) is 84.9 Å². The van der Waals surface area contributed by atoms with E-state index >= 15 is 0 Å². The first-order valence-electron chi connectivity index (χ1n) is 8.32. The van der Waals surface area contributed by atoms with Crippen molar-refractivity contribution in [2.75, 3.05) is 19.8 Å². The fraction of sp³-hybridized carbons (Fsp3) is 0.882. The van der Waals surface area contributed by atoms with Crippen LogP contribution < -0.4 is 5.32 Å². The number of ether oxygens (including phenoxy) is 2. The summed E-state index contributed by atoms with van der Waals surface area (Å²) < 4.78 is 10.6. The van der Waals surface area contributed by atoms with Gasteiger partial charge in [-0.1, -0.05) is 13.8 Å². The molecule has 23 heavy (non-hydrogen) atoms. The van der Waals surface area contributed by atoms with Gasteiger partial charge in [0.25, 0.3) is 0 Å². The van der Waals surface area contributed by atoms with Crippen LogP contribution in [0.2, 0.25) is 0 Å². The lowest BCUT2D eigenvalue weighted by atomic mass is 9.73. The number of rotatable bonds is 7. The van der Waals surface area contributed by atoms with Crippen LogP contribution in [0.4, 0.5) is 4.79 Å². The highest BCUT2D eigenvalue weighted by Crippen LogP contribution is 2.36. The zero-order chi connectivity index (χ0) is 17.7. The Morgan fingerprint density at radius 2 is 2.00 bits per heavy atom. The molecule has 0 aromatic heterocycles. The van der Waals surface area contributed by atoms with Gasteiger partial charge >= 0.3 is 12.1 Å². The van der Waals surface area contributed by atoms with Gasteiger partial charge in [-0.05, 0) is 51.9 Å². The highest BCUT2D eigenvalue weighted by atomic mass is 16.6. The minimum atomic E-state index is -0.983. The molecule has 1 heterocycles. The second-order valence-electron chi connectivity index (χ2n) is 7.97. The number of carbonyl (C=O) groups is 2. The van der Waals surface area contributed by atoms with Gasteiger partial charge < -0.3 is 19.9 Å². The lowest BCUT2D eigenvalue weighted by molar-refractivity contribution is -0.151. The predicted molar refractivity (Wildman–Crippen MR) is 87.3 cm³/mol. The Morgan fingerprint density at radius 3 is 2.43 bits per heavy atom. The first-order chi connectivity index (χ1) is 10.5. The van der Waals surface area contributed by atoms with E-state index in [0.29, 0.717) is 26.1 Å². The molecule has 2 atom stereocenters. The number of alkyl carbamates (subject to hydrolysis) is 1. The number of aliphatic carboxylic acids is 1. The van der Waals surface area contributed by atoms with Crippen LogP contribution >= 0.6 is 0 Å². The lowest BCUT2D eigenvalue weighted by Crippen LogP contribution is -2.46. The van der Waals surface area contributed by atoms with Crippen LogP contribution in [0, 0.1) is 17.3 Å². The summed E-state index contributed by atoms with van der Waals surface area (Å²) in [5.41, 5.74) is -1.59. The SMILES string of the molecule is CC(C)CC(CNC(=O)OC(C)(C)C)(CC1CCOC1)C(=O)O. The van der Waals surface area contributed by atoms with E-state index in [-0.39, 0.29) is 18.4 Å². The van der Waals surface area contributed by atoms with Gasteiger partial charge in [-0.2, -0.15) is 0 Å². The molecule has 2 N–H and O–H groups in total. The normalized spacial score (nSPS) is 21.0. The Balaban J connectivity index is 2.79. The Kier molecular flexibility index (Phi) is 6.86. The third-order valence-corrected chi connectivity index (χ3v) is 3.93. The van der Waals surface area contributed by atoms with Crippen LogP contribution in [0.3, 0.4) is 0 Å². The van der Waals surface area contributed by atoms with E-state index in [1.54, 1.807) is 20.8 Å². The summed E-state index contributed by atoms with van der Waals surface area (Å²) in [7, 11) is 0. The summed E-state index contributed by atoms with van der Waals surface area (Å²) in [6.45, 7) is 10.7. The summed E-state index contributed by atoms with van der Waals surface area (Å²) in [4.78, 5) is 23.9. The molecular formula is C17H31NO5. The van der Waals surface area contributed by atoms with E-state index < -0.39 is 23.1 Å². The summed E-state index contributed by atoms with van der Waals surface area (Å²) in [5, 5.41) is 12.5. The molecule has 0 bridgehead atoms. The van der Waals surface area contributed by atoms with E-state index in [0.717, 1.165) is 6.42 Å². The quantitative estimate of drug-likeness (QED) is 0.750. The van der Waals surface area contributed by atoms with Crippen molar-refractivity contribution in [2.24, 2.45) is 17.3 Å². The number of hydrogen-bond donors (Lipinski definition) is 2. The molecule has 0 aromatic carbocycles. The molecule has 134 valence electrons. The molecule has 0 aliphatic carbocycles. The molecule has 0 spiro atoms. The highest BCUT2D eigenvalue weighted by Gasteiger charge is 2.42. The van der Waals surface area contributed by atoms with Gasteiger partial charge in [0.2, 0.25) is 0 Å². The number of carboxylic acids is 1. The van der Waals surface area contributed by atoms with Gasteiger partial charge in [0.15, 0.2) is 0 Å². The van der Waals surface area contributed by atoms with Crippen molar-refractivity contribution >= 4 is 12.1 Å². The minimum Gasteiger partial charge on any atom is -0.481 e. The van der Waals surface area contributed by atoms with Gasteiger partial charge in [-0.15, -0.1) is 0 Å². The number of hydrogen-bond acceptors (Lipinski definition) is 4. The van der Waals surface area contributed by atoms with Gasteiger partial charge in [0.1, 0.15) is 5.60 Å². The van der Waals surface area contributed by atoms with E-state index in [9.17, 15) is 14.7 Å². The largest absolute Gasteiger partial charge is 0.481 e. The van der Waals surface area contributed by atoms with E-state index in [1.165, 1.54) is 0 Å². The average Bonchev–Trinajstić information content (AvgIpc) is 2.85. The molecule has 2 unspecified atom stereocenters. The van der Waals surface area contributed by atoms with Crippen molar-refractivity contribution in [1.29, 1.82) is 0 Å². The van der Waals surface area contributed by atoms with Gasteiger partial charge in [-0.25, -0.2) is 4.79 Å². The third-order valence-electron chi connectivity index (χ3n) is 3.93. The average molecular weight is 329 g/mol. The maximum atomic E-state index is 12.0. The van der Waals surface area contributed by atoms with Crippen LogP contribution in [-0.2, 0) is 14.3 Å². The van der Waals surface area contributed by atoms with Crippen LogP contribution in [0.5, 0.6) is 0 Å². The monoisotopic (exact) mass is 329 g/mol. The van der Waals surface area contributed by atoms with Gasteiger partial charge in [0.05, 0.1) is 5.41 Å². The maximum absolute atomic E-state index is 12.0. The number of carboxylic acid groups (broad SMARTS) is 1. The molecule has 0 saturated carbocycles. The van der Waals surface area contributed by atoms with Crippen LogP contribution in [0.15, 0.2) is 0 Å². The minimum absolute atomic E-state index is 0.0753. The number of carbonyl (C=O) groups excluding carboxylic acids is 1. The first-order valence-corrected chi connectivity index (χ1v) is 8.32. The molecule has 1 aliphatic heterocycles. The molecule has 1 saturated heterocycles. The van der Waals surface area contributed by atoms with Gasteiger partial charge in [0, 0.05) is 19.8 Å². The smallest absolute Gasteiger partial charge is 0.407 e. The standard InChI is InChI=1S/C17H31NO5/c1-12(2)8-17(14(19)20,9-13-6-7-22-10-13)11-18-15(21)23-16(3,4)5/h12-13H,6-11H2,1-5H3,(H,18,21)(H,19,20). The second-order valence-corrected chi connectivity index (χ2v) is 7.97. The fourth-order valence-corrected chi connectivity index (χ4v) is 3.11. The fourth-order valence-electron chi connectivity index (χ4n) is 3.11. The molecule has 1 fully saturated rings. The molecule has 0 radical (unpaired) electrons. The first kappa shape index (κ1) is 19.7. The summed E-state index contributed by atoms with van der Waals surface area (Å²) in [6.07, 6.45) is 1.32. The van der Waals surface area contributed by atoms with Crippen molar-refractivity contribution in [3.63, 3.8) is 0 Å². The molecule has 6 heteroatoms. The van der Waals surface area contributed by atoms with Crippen LogP contribution in [-0.4, -0.2) is 42.5 Å². The molecular weight excluding hydrogens is 298 g/mol. The summed E-state index contributed by atoms with van der Waals surface area (Å²) >= 11 is 0. The van der Waals surface area contributed by atoms with Crippen molar-refractivity contribution in [1.82, 2.24) is 5.32 Å². The Hall–Kier alpha value is -1.30. The van der Waals surface area contributed by atoms with Crippen molar-refractivity contribution < 1.29 is 24.2 Å². The molecule has 0 aromatic rings. The van der Waals surface area contributed by atoms with Crippen LogP contribution in [0.1, 0.15) is 53.9 Å². The highest BCUT2D eigenvalue weighted by molar-refractivity contribution is 5.76. The molecule has 1 amide bonds. The molecule has 1 rings (SSSR count). The number of nitrogens with one attached hydrogen (secondary N) is 1. The Labute approximate surface area is 138 Å². The van der Waals surface area contributed by atoms with Gasteiger partial charge in [-0.3, -0.25) is 4.79 Å². The summed E-state index contributed by atoms with van der Waals surface area (Å²) in [5.74, 6) is -0.423. The second kappa shape index (κ2) is 7.99. The third kappa shape index (κ3) is 6.77. The van der Waals surface area contributed by atoms with Crippen molar-refractivity contribution in [2.45, 2.75) is 59.5 Å². The zero-order valence-corrected chi connectivity index (χ0v) is 15.0. The lowest BCUT2D eigenvalue weighted by Gasteiger charge is -2.33. The van der Waals surface area contributed by atoms with Crippen LogP contribution in [0.25, 0.3) is 0 Å². The Bertz CT molecular complexity index is 410. The van der Waals surface area contributed by atoms with Crippen molar-refractivity contribution in [3.05, 3.63) is 0 Å². The number of amides is 1. The van der Waals surface area contributed by atoms with Crippen molar-refractivity contribution in [3.8, 4) is 0 Å². The van der Waals surface area contributed by atoms with E-state index in [1.807, 2.05) is 13.8 Å². The summed E-state index contributed by atoms with van der Waals surface area (Å²) in [6, 6.07) is 0. The zero-order valence-electron chi connectivity index (χ0n) is 15.0. The van der Waals surface area contributed by atoms with E-state index in [4.69, 9.17) is 9.47 Å². The molecule has 1 aliphatic rings. The van der Waals surface area contributed by atoms with E-state index in [2.05, 4.69) is 5.32 Å². The predicted octanol–water partition coefficient (Wildman–Crippen LogP) is 3.05. The molecule has 6 nitrogen and oxygen atoms in total. The Morgan fingerprint density at radius 1 is 1.35 bits per heavy atom. The maximum Gasteiger partial charge on any atom is 0.407 e.